The van der Waals surface area contributed by atoms with E-state index in [1.807, 2.05) is 0 Å². The monoisotopic (exact) mass is 279 g/mol. The molecular formula is C15H25N3O2. The van der Waals surface area contributed by atoms with Crippen LogP contribution in [0.4, 0.5) is 11.4 Å². The Kier molecular flexibility index (Phi) is 6.31. The lowest BCUT2D eigenvalue weighted by Crippen LogP contribution is -2.39. The quantitative estimate of drug-likeness (QED) is 0.713. The summed E-state index contributed by atoms with van der Waals surface area (Å²) in [4.78, 5) is 13.8. The first-order valence-corrected chi connectivity index (χ1v) is 7.00. The van der Waals surface area contributed by atoms with Crippen LogP contribution in [0.5, 0.6) is 0 Å². The summed E-state index contributed by atoms with van der Waals surface area (Å²) in [5.41, 5.74) is 13.3. The number of hydrogen-bond donors (Lipinski definition) is 2. The molecule has 0 aromatic heterocycles. The van der Waals surface area contributed by atoms with Crippen molar-refractivity contribution in [2.45, 2.75) is 32.7 Å². The Balaban J connectivity index is 3.28. The fourth-order valence-corrected chi connectivity index (χ4v) is 2.48. The Labute approximate surface area is 120 Å². The smallest absolute Gasteiger partial charge is 0.250 e. The molecule has 1 rings (SSSR count). The highest BCUT2D eigenvalue weighted by molar-refractivity contribution is 6.01. The number of carbonyl (C=O) groups is 1. The van der Waals surface area contributed by atoms with Gasteiger partial charge in [-0.15, -0.1) is 0 Å². The fourth-order valence-electron chi connectivity index (χ4n) is 2.48. The molecule has 0 bridgehead atoms. The van der Waals surface area contributed by atoms with E-state index < -0.39 is 5.91 Å². The molecule has 0 aliphatic heterocycles. The minimum absolute atomic E-state index is 0.299. The van der Waals surface area contributed by atoms with Gasteiger partial charge in [0.2, 0.25) is 0 Å². The zero-order valence-electron chi connectivity index (χ0n) is 12.6. The van der Waals surface area contributed by atoms with Gasteiger partial charge in [0.1, 0.15) is 0 Å². The van der Waals surface area contributed by atoms with Crippen LogP contribution in [-0.4, -0.2) is 32.2 Å². The molecule has 1 aromatic carbocycles. The van der Waals surface area contributed by atoms with Crippen LogP contribution in [0, 0.1) is 0 Å². The van der Waals surface area contributed by atoms with Gasteiger partial charge in [0, 0.05) is 19.7 Å². The highest BCUT2D eigenvalue weighted by atomic mass is 16.5. The molecule has 20 heavy (non-hydrogen) atoms. The summed E-state index contributed by atoms with van der Waals surface area (Å²) in [6.07, 6.45) is 1.93. The van der Waals surface area contributed by atoms with Crippen LogP contribution in [0.2, 0.25) is 0 Å². The molecular weight excluding hydrogens is 254 g/mol. The van der Waals surface area contributed by atoms with Gasteiger partial charge >= 0.3 is 0 Å². The molecule has 0 radical (unpaired) electrons. The van der Waals surface area contributed by atoms with Gasteiger partial charge < -0.3 is 21.1 Å². The Hall–Kier alpha value is -1.75. The average Bonchev–Trinajstić information content (AvgIpc) is 2.43. The van der Waals surface area contributed by atoms with Gasteiger partial charge in [-0.2, -0.15) is 0 Å². The maximum Gasteiger partial charge on any atom is 0.250 e. The summed E-state index contributed by atoms with van der Waals surface area (Å²) in [7, 11) is 1.66. The second-order valence-electron chi connectivity index (χ2n) is 4.76. The molecule has 0 fully saturated rings. The molecule has 112 valence electrons. The lowest BCUT2D eigenvalue weighted by atomic mass is 10.0. The average molecular weight is 279 g/mol. The maximum absolute atomic E-state index is 11.7. The predicted molar refractivity (Wildman–Crippen MR) is 83.0 cm³/mol. The van der Waals surface area contributed by atoms with Crippen molar-refractivity contribution in [3.8, 4) is 0 Å². The molecule has 0 atom stereocenters. The number of methoxy groups -OCH3 is 1. The van der Waals surface area contributed by atoms with E-state index >= 15 is 0 Å². The molecule has 0 aliphatic rings. The van der Waals surface area contributed by atoms with Crippen LogP contribution in [0.25, 0.3) is 0 Å². The van der Waals surface area contributed by atoms with E-state index in [9.17, 15) is 4.79 Å². The van der Waals surface area contributed by atoms with Crippen LogP contribution in [0.1, 0.15) is 37.0 Å². The number of rotatable bonds is 8. The Morgan fingerprint density at radius 3 is 2.50 bits per heavy atom. The molecule has 1 amide bonds. The number of amides is 1. The lowest BCUT2D eigenvalue weighted by Gasteiger charge is -2.34. The number of nitrogens with zero attached hydrogens (tertiary/aromatic N) is 1. The number of ether oxygens (including phenoxy) is 1. The van der Waals surface area contributed by atoms with Gasteiger partial charge in [0.15, 0.2) is 0 Å². The van der Waals surface area contributed by atoms with E-state index in [1.165, 1.54) is 0 Å². The number of hydrogen-bond acceptors (Lipinski definition) is 4. The van der Waals surface area contributed by atoms with E-state index in [4.69, 9.17) is 16.2 Å². The molecule has 0 saturated heterocycles. The highest BCUT2D eigenvalue weighted by Gasteiger charge is 2.22. The number of benzene rings is 1. The third-order valence-electron chi connectivity index (χ3n) is 3.54. The Morgan fingerprint density at radius 1 is 1.35 bits per heavy atom. The molecule has 0 unspecified atom stereocenters. The first kappa shape index (κ1) is 16.3. The van der Waals surface area contributed by atoms with Crippen molar-refractivity contribution in [3.05, 3.63) is 23.8 Å². The van der Waals surface area contributed by atoms with Crippen LogP contribution in [0.3, 0.4) is 0 Å². The van der Waals surface area contributed by atoms with Gasteiger partial charge in [-0.3, -0.25) is 4.79 Å². The van der Waals surface area contributed by atoms with E-state index in [0.717, 1.165) is 18.5 Å². The minimum Gasteiger partial charge on any atom is -0.397 e. The van der Waals surface area contributed by atoms with Crippen molar-refractivity contribution in [1.82, 2.24) is 0 Å². The maximum atomic E-state index is 11.7. The first-order valence-electron chi connectivity index (χ1n) is 7.00. The molecule has 5 nitrogen and oxygen atoms in total. The highest BCUT2D eigenvalue weighted by Crippen LogP contribution is 2.30. The van der Waals surface area contributed by atoms with Crippen molar-refractivity contribution in [1.29, 1.82) is 0 Å². The van der Waals surface area contributed by atoms with Crippen LogP contribution in [0.15, 0.2) is 18.2 Å². The molecule has 0 heterocycles. The number of primary amides is 1. The van der Waals surface area contributed by atoms with Crippen molar-refractivity contribution < 1.29 is 9.53 Å². The Morgan fingerprint density at radius 2 is 2.00 bits per heavy atom. The summed E-state index contributed by atoms with van der Waals surface area (Å²) in [6.45, 7) is 5.49. The molecule has 0 saturated carbocycles. The zero-order chi connectivity index (χ0) is 15.1. The van der Waals surface area contributed by atoms with Gasteiger partial charge in [0.05, 0.1) is 23.5 Å². The van der Waals surface area contributed by atoms with E-state index in [0.29, 0.717) is 30.4 Å². The number of nitrogens with two attached hydrogens (primary N) is 2. The van der Waals surface area contributed by atoms with Crippen LogP contribution < -0.4 is 16.4 Å². The SMILES string of the molecule is CCC(CC)N(CCOC)c1c(N)cccc1C(N)=O. The first-order chi connectivity index (χ1) is 9.56. The number of para-hydroxylation sites is 1. The molecule has 0 aliphatic carbocycles. The zero-order valence-corrected chi connectivity index (χ0v) is 12.6. The van der Waals surface area contributed by atoms with Crippen molar-refractivity contribution in [2.24, 2.45) is 5.73 Å². The summed E-state index contributed by atoms with van der Waals surface area (Å²) >= 11 is 0. The summed E-state index contributed by atoms with van der Waals surface area (Å²) < 4.78 is 5.17. The summed E-state index contributed by atoms with van der Waals surface area (Å²) in [5, 5.41) is 0. The van der Waals surface area contributed by atoms with E-state index in [1.54, 1.807) is 25.3 Å². The summed E-state index contributed by atoms with van der Waals surface area (Å²) in [5.74, 6) is -0.458. The molecule has 1 aromatic rings. The van der Waals surface area contributed by atoms with Crippen LogP contribution in [-0.2, 0) is 4.74 Å². The number of nitrogen functional groups attached to an aromatic ring is 1. The van der Waals surface area contributed by atoms with Gasteiger partial charge in [-0.1, -0.05) is 19.9 Å². The lowest BCUT2D eigenvalue weighted by molar-refractivity contribution is 0.100. The van der Waals surface area contributed by atoms with Crippen molar-refractivity contribution in [2.75, 3.05) is 30.9 Å². The normalized spacial score (nSPS) is 10.8. The van der Waals surface area contributed by atoms with Gasteiger partial charge in [-0.25, -0.2) is 0 Å². The van der Waals surface area contributed by atoms with Gasteiger partial charge in [0.25, 0.3) is 5.91 Å². The third kappa shape index (κ3) is 3.63. The minimum atomic E-state index is -0.458. The second-order valence-corrected chi connectivity index (χ2v) is 4.76. The van der Waals surface area contributed by atoms with Crippen molar-refractivity contribution in [3.63, 3.8) is 0 Å². The van der Waals surface area contributed by atoms with Crippen molar-refractivity contribution >= 4 is 17.3 Å². The summed E-state index contributed by atoms with van der Waals surface area (Å²) in [6, 6.07) is 5.56. The predicted octanol–water partition coefficient (Wildman–Crippen LogP) is 2.01. The largest absolute Gasteiger partial charge is 0.397 e. The molecule has 0 spiro atoms. The van der Waals surface area contributed by atoms with E-state index in [-0.39, 0.29) is 0 Å². The second kappa shape index (κ2) is 7.75. The Bertz CT molecular complexity index is 445. The number of anilines is 2. The topological polar surface area (TPSA) is 81.6 Å². The molecule has 4 N–H and O–H groups in total. The van der Waals surface area contributed by atoms with Gasteiger partial charge in [-0.05, 0) is 25.0 Å². The van der Waals surface area contributed by atoms with Crippen LogP contribution >= 0.6 is 0 Å². The van der Waals surface area contributed by atoms with E-state index in [2.05, 4.69) is 18.7 Å². The standard InChI is InChI=1S/C15H25N3O2/c1-4-11(5-2)18(9-10-20-3)14-12(15(17)19)7-6-8-13(14)16/h6-8,11H,4-5,9-10,16H2,1-3H3,(H2,17,19). The number of carbonyl (C=O) groups excluding carboxylic acids is 1. The third-order valence-corrected chi connectivity index (χ3v) is 3.54. The molecule has 5 heteroatoms. The fraction of sp³-hybridized carbons (Fsp3) is 0.533.